The SMILES string of the molecule is CCCC[C@H]1C(=O)N(C)[C@@H](CCCC)C(=O)N[C@@H](CCC(=O)O)C(=O)N[C@H](C(=O)NCC(N)=O)CSCC(=O)N[C@@H](Cc2ccc(O)cc2)C(=O)N(C)[C@@H](C)C(=O)N[C@H](CC(N)=O)C(=O)N2CCC[C@H]2C(=O)N[C@@H](CC(N)=O)C(=O)N[C@@H](CC(C)C)C(=O)N2CCC[C@H]2C(=O)N[C@@H](Cc2c[nH]c3ccccc23)C(=O)N[C@@H](CCO)C(=O)N[C@@H](Cc2c[nH]c3ccccc23)C(=O)N1C. The number of aliphatic hydroxyl groups is 1. The molecule has 8 rings (SSSR count). The average molecular weight is 1860 g/mol. The van der Waals surface area contributed by atoms with Gasteiger partial charge < -0.3 is 120 Å². The minimum atomic E-state index is -1.82. The fraction of sp³-hybridized carbons (Fsp3) is 0.539. The highest BCUT2D eigenvalue weighted by molar-refractivity contribution is 8.00. The number of benzene rings is 3. The number of nitrogens with one attached hydrogen (secondary N) is 12. The van der Waals surface area contributed by atoms with E-state index in [2.05, 4.69) is 63.1 Å². The van der Waals surface area contributed by atoms with Gasteiger partial charge >= 0.3 is 5.97 Å². The number of carbonyl (C=O) groups excluding carboxylic acids is 18. The molecule has 3 saturated heterocycles. The molecule has 43 heteroatoms. The number of carbonyl (C=O) groups is 19. The lowest BCUT2D eigenvalue weighted by atomic mass is 9.99. The summed E-state index contributed by atoms with van der Waals surface area (Å²) in [6.07, 6.45) is 0.486. The summed E-state index contributed by atoms with van der Waals surface area (Å²) in [5.41, 5.74) is 19.4. The first-order chi connectivity index (χ1) is 62.7. The number of carboxylic acids is 1. The van der Waals surface area contributed by atoms with Crippen molar-refractivity contribution in [2.75, 3.05) is 58.9 Å². The maximum absolute atomic E-state index is 15.7. The molecule has 3 aromatic carbocycles. The van der Waals surface area contributed by atoms with Crippen LogP contribution in [0.2, 0.25) is 0 Å². The largest absolute Gasteiger partial charge is 0.508 e. The number of para-hydroxylation sites is 2. The molecule has 42 nitrogen and oxygen atoms in total. The molecule has 0 radical (unpaired) electrons. The molecule has 0 unspecified atom stereocenters. The number of likely N-dealkylation sites (N-methyl/N-ethyl adjacent to an activating group) is 3. The number of rotatable bonds is 26. The molecule has 3 aliphatic rings. The van der Waals surface area contributed by atoms with E-state index < -0.39 is 254 Å². The summed E-state index contributed by atoms with van der Waals surface area (Å²) in [5, 5.41) is 58.1. The molecule has 5 heterocycles. The van der Waals surface area contributed by atoms with Crippen LogP contribution in [0.1, 0.15) is 154 Å². The van der Waals surface area contributed by atoms with E-state index in [-0.39, 0.29) is 95.4 Å². The molecule has 14 atom stereocenters. The highest BCUT2D eigenvalue weighted by atomic mass is 32.2. The molecule has 2 aromatic heterocycles. The smallest absolute Gasteiger partial charge is 0.303 e. The summed E-state index contributed by atoms with van der Waals surface area (Å²) < 4.78 is 0. The normalized spacial score (nSPS) is 24.5. The lowest BCUT2D eigenvalue weighted by Crippen LogP contribution is -2.61. The van der Waals surface area contributed by atoms with Gasteiger partial charge in [0.2, 0.25) is 106 Å². The van der Waals surface area contributed by atoms with Gasteiger partial charge in [0.15, 0.2) is 0 Å². The van der Waals surface area contributed by atoms with Gasteiger partial charge in [-0.05, 0) is 112 Å². The van der Waals surface area contributed by atoms with E-state index in [1.165, 1.54) is 57.2 Å². The number of phenols is 1. The topological polar surface area (TPSA) is 631 Å². The van der Waals surface area contributed by atoms with Crippen LogP contribution in [-0.2, 0) is 110 Å². The van der Waals surface area contributed by atoms with Crippen molar-refractivity contribution < 1.29 is 106 Å². The van der Waals surface area contributed by atoms with Gasteiger partial charge in [0.1, 0.15) is 90.3 Å². The summed E-state index contributed by atoms with van der Waals surface area (Å²) in [6, 6.07) is -2.59. The Balaban J connectivity index is 1.19. The van der Waals surface area contributed by atoms with Crippen LogP contribution >= 0.6 is 11.8 Å². The van der Waals surface area contributed by atoms with Crippen LogP contribution in [0.4, 0.5) is 0 Å². The van der Waals surface area contributed by atoms with Gasteiger partial charge in [-0.25, -0.2) is 0 Å². The first kappa shape index (κ1) is 104. The number of aliphatic carboxylic acids is 1. The predicted molar refractivity (Wildman–Crippen MR) is 482 cm³/mol. The molecular weight excluding hydrogens is 1730 g/mol. The number of fused-ring (bicyclic) bond motifs is 4. The van der Waals surface area contributed by atoms with Crippen LogP contribution in [0, 0.1) is 5.92 Å². The number of aromatic hydroxyl groups is 1. The van der Waals surface area contributed by atoms with Crippen molar-refractivity contribution in [3.63, 3.8) is 0 Å². The summed E-state index contributed by atoms with van der Waals surface area (Å²) in [4.78, 5) is 286. The Morgan fingerprint density at radius 1 is 0.492 bits per heavy atom. The maximum atomic E-state index is 15.7. The van der Waals surface area contributed by atoms with Crippen molar-refractivity contribution in [1.29, 1.82) is 0 Å². The number of aromatic amines is 2. The van der Waals surface area contributed by atoms with E-state index in [0.29, 0.717) is 69.5 Å². The Morgan fingerprint density at radius 3 is 1.51 bits per heavy atom. The van der Waals surface area contributed by atoms with E-state index in [9.17, 15) is 72.9 Å². The molecule has 3 aliphatic heterocycles. The molecule has 0 saturated carbocycles. The number of phenolic OH excluding ortho intramolecular Hbond substituents is 1. The molecule has 0 aliphatic carbocycles. The quantitative estimate of drug-likeness (QED) is 0.0285. The summed E-state index contributed by atoms with van der Waals surface area (Å²) in [5.74, 6) is -20.7. The lowest BCUT2D eigenvalue weighted by Gasteiger charge is -2.36. The van der Waals surface area contributed by atoms with Crippen LogP contribution in [0.15, 0.2) is 85.2 Å². The third-order valence-corrected chi connectivity index (χ3v) is 24.7. The number of aliphatic hydroxyl groups excluding tert-OH is 1. The first-order valence-electron chi connectivity index (χ1n) is 44.3. The number of thioether (sulfide) groups is 1. The van der Waals surface area contributed by atoms with Gasteiger partial charge in [-0.2, -0.15) is 0 Å². The number of nitrogens with zero attached hydrogens (tertiary/aromatic N) is 5. The molecule has 0 bridgehead atoms. The highest BCUT2D eigenvalue weighted by Crippen LogP contribution is 2.28. The van der Waals surface area contributed by atoms with E-state index in [1.807, 2.05) is 6.92 Å². The number of hydrogen-bond acceptors (Lipinski definition) is 22. The Morgan fingerprint density at radius 2 is 0.955 bits per heavy atom. The molecule has 21 N–H and O–H groups in total. The van der Waals surface area contributed by atoms with Crippen LogP contribution < -0.4 is 70.4 Å². The molecule has 718 valence electrons. The number of carboxylic acid groups (broad SMARTS) is 1. The Bertz CT molecular complexity index is 5010. The summed E-state index contributed by atoms with van der Waals surface area (Å²) in [6.45, 7) is 6.62. The summed E-state index contributed by atoms with van der Waals surface area (Å²) >= 11 is 0.702. The zero-order valence-corrected chi connectivity index (χ0v) is 76.2. The third-order valence-electron chi connectivity index (χ3n) is 23.6. The van der Waals surface area contributed by atoms with Crippen molar-refractivity contribution in [3.8, 4) is 5.75 Å². The second-order valence-corrected chi connectivity index (χ2v) is 35.0. The number of unbranched alkanes of at least 4 members (excludes halogenated alkanes) is 2. The second kappa shape index (κ2) is 49.7. The maximum Gasteiger partial charge on any atom is 0.303 e. The average Bonchev–Trinajstić information content (AvgIpc) is 1.66. The minimum absolute atomic E-state index is 0.0251. The highest BCUT2D eigenvalue weighted by Gasteiger charge is 2.46. The van der Waals surface area contributed by atoms with Crippen molar-refractivity contribution in [1.82, 2.24) is 87.6 Å². The number of primary amides is 3. The van der Waals surface area contributed by atoms with Gasteiger partial charge in [-0.3, -0.25) is 91.1 Å². The third kappa shape index (κ3) is 29.1. The second-order valence-electron chi connectivity index (χ2n) is 33.9. The Kier molecular flexibility index (Phi) is 39.2. The standard InChI is InChI=1S/C89H124N20O22S/c1-9-11-23-67-82(124)98-58(31-32-75(116)117)78(120)104-66(77(119)95-45-73(92)114)46-132-47-74(115)96-63(38-50-27-29-53(111)30-28-50)85(127)105(6)49(5)76(118)101-65(42-72(91)113)88(130)109-35-18-26-69(109)84(126)100-61(41-71(90)112)81(123)102-62(37-48(3)4)87(129)108-34-17-25-68(108)83(125)99-60(39-51-43-93-56-21-15-13-19-54(51)56)80(122)97-59(33-36-110)79(121)103-64(40-52-44-94-57-22-16-14-20-55(52)57)86(128)107(8)70(24-12-10-2)89(131)106(67)7/h13-16,19-22,27-30,43-44,48-49,58-70,93-94,110-111H,9-12,17-18,23-26,31-42,45-47H2,1-8H3,(H2,90,112)(H2,91,113)(H2,92,114)(H,95,119)(H,96,115)(H,97,122)(H,98,124)(H,99,125)(H,100,126)(H,101,118)(H,102,123)(H,103,121)(H,104,120)(H,116,117)/t49-,58-,59-,60-,61-,62-,63-,64-,65+,66-,67-,68-,69-,70-/m0/s1. The fourth-order valence-electron chi connectivity index (χ4n) is 16.3. The van der Waals surface area contributed by atoms with Gasteiger partial charge in [0.25, 0.3) is 0 Å². The molecule has 132 heavy (non-hydrogen) atoms. The zero-order valence-electron chi connectivity index (χ0n) is 75.4. The number of H-pyrrole nitrogens is 2. The molecule has 0 spiro atoms. The monoisotopic (exact) mass is 1860 g/mol. The fourth-order valence-corrected chi connectivity index (χ4v) is 17.2. The van der Waals surface area contributed by atoms with E-state index in [1.54, 1.807) is 81.7 Å². The van der Waals surface area contributed by atoms with Crippen LogP contribution in [0.25, 0.3) is 21.8 Å². The van der Waals surface area contributed by atoms with Crippen molar-refractivity contribution in [2.45, 2.75) is 241 Å². The van der Waals surface area contributed by atoms with E-state index in [0.717, 1.165) is 19.6 Å². The van der Waals surface area contributed by atoms with Crippen molar-refractivity contribution in [2.24, 2.45) is 23.1 Å². The molecular formula is C89H124N20O22S. The van der Waals surface area contributed by atoms with Crippen LogP contribution in [0.3, 0.4) is 0 Å². The Hall–Kier alpha value is -13.2. The van der Waals surface area contributed by atoms with Crippen molar-refractivity contribution in [3.05, 3.63) is 102 Å². The lowest BCUT2D eigenvalue weighted by molar-refractivity contribution is -0.149. The number of nitrogens with two attached hydrogens (primary N) is 3. The molecule has 3 fully saturated rings. The van der Waals surface area contributed by atoms with Gasteiger partial charge in [0.05, 0.1) is 25.1 Å². The van der Waals surface area contributed by atoms with E-state index in [4.69, 9.17) is 17.2 Å². The van der Waals surface area contributed by atoms with E-state index >= 15 is 33.6 Å². The predicted octanol–water partition coefficient (Wildman–Crippen LogP) is -2.00. The first-order valence-corrected chi connectivity index (χ1v) is 45.4. The Labute approximate surface area is 767 Å². The summed E-state index contributed by atoms with van der Waals surface area (Å²) in [7, 11) is 3.81. The van der Waals surface area contributed by atoms with Gasteiger partial charge in [-0.1, -0.05) is 102 Å². The number of amides is 18. The van der Waals surface area contributed by atoms with Crippen molar-refractivity contribution >= 4 is 146 Å². The van der Waals surface area contributed by atoms with Gasteiger partial charge in [0, 0.05) is 106 Å². The van der Waals surface area contributed by atoms with Gasteiger partial charge in [-0.15, -0.1) is 11.8 Å². The van der Waals surface area contributed by atoms with Crippen LogP contribution in [-0.4, -0.2) is 306 Å². The number of aromatic nitrogens is 2. The van der Waals surface area contributed by atoms with Crippen LogP contribution in [0.5, 0.6) is 5.75 Å². The molecule has 18 amide bonds. The zero-order chi connectivity index (χ0) is 96.9. The number of hydrogen-bond donors (Lipinski definition) is 18. The molecule has 5 aromatic rings. The minimum Gasteiger partial charge on any atom is -0.508 e.